The number of rotatable bonds is 3. The van der Waals surface area contributed by atoms with Crippen molar-refractivity contribution in [3.05, 3.63) is 57.8 Å². The molecule has 0 bridgehead atoms. The number of nitrogens with two attached hydrogens (primary N) is 1. The highest BCUT2D eigenvalue weighted by Gasteiger charge is 2.03. The number of nitrogen functional groups attached to an aromatic ring is 1. The number of hydrogen-bond donors (Lipinski definition) is 1. The zero-order chi connectivity index (χ0) is 13.1. The van der Waals surface area contributed by atoms with Crippen LogP contribution in [0, 0.1) is 12.7 Å². The maximum absolute atomic E-state index is 13.3. The molecule has 0 saturated carbocycles. The smallest absolute Gasteiger partial charge is 0.146 e. The lowest BCUT2D eigenvalue weighted by atomic mass is 10.2. The Hall–Kier alpha value is -1.55. The third-order valence-corrected chi connectivity index (χ3v) is 3.10. The molecular formula is C14H13BrFNO. The molecule has 0 aliphatic carbocycles. The molecular weight excluding hydrogens is 297 g/mol. The lowest BCUT2D eigenvalue weighted by molar-refractivity contribution is 0.303. The van der Waals surface area contributed by atoms with Crippen molar-refractivity contribution in [3.63, 3.8) is 0 Å². The maximum Gasteiger partial charge on any atom is 0.146 e. The molecule has 2 nitrogen and oxygen atoms in total. The van der Waals surface area contributed by atoms with E-state index in [0.717, 1.165) is 21.3 Å². The zero-order valence-corrected chi connectivity index (χ0v) is 11.5. The van der Waals surface area contributed by atoms with Crippen LogP contribution in [0.2, 0.25) is 0 Å². The number of halogens is 2. The van der Waals surface area contributed by atoms with E-state index in [2.05, 4.69) is 15.9 Å². The minimum atomic E-state index is -0.415. The Labute approximate surface area is 114 Å². The molecule has 0 fully saturated rings. The fourth-order valence-corrected chi connectivity index (χ4v) is 1.89. The molecule has 0 aliphatic heterocycles. The van der Waals surface area contributed by atoms with Gasteiger partial charge >= 0.3 is 0 Å². The number of anilines is 1. The highest BCUT2D eigenvalue weighted by atomic mass is 79.9. The molecule has 0 aliphatic rings. The van der Waals surface area contributed by atoms with E-state index in [1.165, 1.54) is 6.07 Å². The van der Waals surface area contributed by atoms with Gasteiger partial charge in [-0.2, -0.15) is 0 Å². The van der Waals surface area contributed by atoms with Gasteiger partial charge in [0.25, 0.3) is 0 Å². The Morgan fingerprint density at radius 2 is 2.00 bits per heavy atom. The molecule has 0 heterocycles. The summed E-state index contributed by atoms with van der Waals surface area (Å²) in [5, 5.41) is 0. The molecule has 2 aromatic carbocycles. The lowest BCUT2D eigenvalue weighted by Gasteiger charge is -2.10. The third kappa shape index (κ3) is 3.01. The largest absolute Gasteiger partial charge is 0.489 e. The van der Waals surface area contributed by atoms with Gasteiger partial charge in [0.2, 0.25) is 0 Å². The molecule has 4 heteroatoms. The minimum absolute atomic E-state index is 0.150. The maximum atomic E-state index is 13.3. The first-order valence-corrected chi connectivity index (χ1v) is 6.28. The van der Waals surface area contributed by atoms with E-state index in [4.69, 9.17) is 10.5 Å². The monoisotopic (exact) mass is 309 g/mol. The lowest BCUT2D eigenvalue weighted by Crippen LogP contribution is -1.99. The van der Waals surface area contributed by atoms with Crippen LogP contribution in [0.15, 0.2) is 40.9 Å². The number of hydrogen-bond acceptors (Lipinski definition) is 2. The van der Waals surface area contributed by atoms with Crippen molar-refractivity contribution in [1.29, 1.82) is 0 Å². The van der Waals surface area contributed by atoms with E-state index in [1.807, 2.05) is 25.1 Å². The van der Waals surface area contributed by atoms with Gasteiger partial charge in [-0.25, -0.2) is 4.39 Å². The van der Waals surface area contributed by atoms with E-state index < -0.39 is 5.82 Å². The Bertz CT molecular complexity index is 572. The summed E-state index contributed by atoms with van der Waals surface area (Å²) in [6.45, 7) is 2.28. The van der Waals surface area contributed by atoms with Crippen molar-refractivity contribution in [2.24, 2.45) is 0 Å². The second-order valence-corrected chi connectivity index (χ2v) is 4.97. The Kier molecular flexibility index (Phi) is 3.87. The van der Waals surface area contributed by atoms with Crippen LogP contribution in [-0.4, -0.2) is 0 Å². The fraction of sp³-hybridized carbons (Fsp3) is 0.143. The molecule has 0 amide bonds. The van der Waals surface area contributed by atoms with Crippen LogP contribution in [0.4, 0.5) is 10.1 Å². The summed E-state index contributed by atoms with van der Waals surface area (Å²) < 4.78 is 19.9. The molecule has 94 valence electrons. The second-order valence-electron chi connectivity index (χ2n) is 4.05. The molecule has 0 radical (unpaired) electrons. The average Bonchev–Trinajstić information content (AvgIpc) is 2.34. The quantitative estimate of drug-likeness (QED) is 0.868. The second kappa shape index (κ2) is 5.40. The third-order valence-electron chi connectivity index (χ3n) is 2.61. The summed E-state index contributed by atoms with van der Waals surface area (Å²) in [6, 6.07) is 10.5. The summed E-state index contributed by atoms with van der Waals surface area (Å²) in [5.74, 6) is 0.365. The summed E-state index contributed by atoms with van der Waals surface area (Å²) >= 11 is 3.39. The van der Waals surface area contributed by atoms with E-state index in [-0.39, 0.29) is 5.69 Å². The van der Waals surface area contributed by atoms with E-state index >= 15 is 0 Å². The predicted octanol–water partition coefficient (Wildman–Crippen LogP) is 4.06. The van der Waals surface area contributed by atoms with Crippen molar-refractivity contribution in [2.75, 3.05) is 5.73 Å². The Balaban J connectivity index is 2.11. The van der Waals surface area contributed by atoms with Crippen LogP contribution >= 0.6 is 15.9 Å². The molecule has 0 saturated heterocycles. The Morgan fingerprint density at radius 3 is 2.72 bits per heavy atom. The minimum Gasteiger partial charge on any atom is -0.489 e. The van der Waals surface area contributed by atoms with Crippen LogP contribution < -0.4 is 10.5 Å². The molecule has 18 heavy (non-hydrogen) atoms. The zero-order valence-electron chi connectivity index (χ0n) is 9.91. The SMILES string of the molecule is Cc1ccc(Br)cc1OCc1ccc(N)c(F)c1. The Morgan fingerprint density at radius 1 is 1.22 bits per heavy atom. The predicted molar refractivity (Wildman–Crippen MR) is 74.0 cm³/mol. The average molecular weight is 310 g/mol. The van der Waals surface area contributed by atoms with Gasteiger partial charge in [-0.05, 0) is 42.3 Å². The van der Waals surface area contributed by atoms with Gasteiger partial charge in [0.05, 0.1) is 5.69 Å². The number of benzene rings is 2. The highest BCUT2D eigenvalue weighted by Crippen LogP contribution is 2.24. The van der Waals surface area contributed by atoms with Crippen LogP contribution in [0.1, 0.15) is 11.1 Å². The normalized spacial score (nSPS) is 10.4. The van der Waals surface area contributed by atoms with Gasteiger partial charge in [-0.1, -0.05) is 28.1 Å². The first kappa shape index (κ1) is 12.9. The summed E-state index contributed by atoms with van der Waals surface area (Å²) in [7, 11) is 0. The molecule has 0 aromatic heterocycles. The topological polar surface area (TPSA) is 35.2 Å². The number of ether oxygens (including phenoxy) is 1. The van der Waals surface area contributed by atoms with Crippen molar-refractivity contribution < 1.29 is 9.13 Å². The molecule has 2 N–H and O–H groups in total. The van der Waals surface area contributed by atoms with Gasteiger partial charge in [-0.15, -0.1) is 0 Å². The van der Waals surface area contributed by atoms with E-state index in [9.17, 15) is 4.39 Å². The van der Waals surface area contributed by atoms with Crippen molar-refractivity contribution in [3.8, 4) is 5.75 Å². The van der Waals surface area contributed by atoms with Crippen molar-refractivity contribution >= 4 is 21.6 Å². The van der Waals surface area contributed by atoms with Gasteiger partial charge in [-0.3, -0.25) is 0 Å². The first-order chi connectivity index (χ1) is 8.56. The molecule has 2 rings (SSSR count). The van der Waals surface area contributed by atoms with Gasteiger partial charge in [0.1, 0.15) is 18.2 Å². The summed E-state index contributed by atoms with van der Waals surface area (Å²) in [6.07, 6.45) is 0. The van der Waals surface area contributed by atoms with Crippen molar-refractivity contribution in [2.45, 2.75) is 13.5 Å². The van der Waals surface area contributed by atoms with Gasteiger partial charge in [0.15, 0.2) is 0 Å². The number of aryl methyl sites for hydroxylation is 1. The fourth-order valence-electron chi connectivity index (χ4n) is 1.55. The van der Waals surface area contributed by atoms with E-state index in [0.29, 0.717) is 6.61 Å². The molecule has 2 aromatic rings. The van der Waals surface area contributed by atoms with Gasteiger partial charge in [0, 0.05) is 4.47 Å². The summed E-state index contributed by atoms with van der Waals surface area (Å²) in [4.78, 5) is 0. The standard InChI is InChI=1S/C14H13BrFNO/c1-9-2-4-11(15)7-14(9)18-8-10-3-5-13(17)12(16)6-10/h2-7H,8,17H2,1H3. The molecule has 0 atom stereocenters. The van der Waals surface area contributed by atoms with Crippen LogP contribution in [0.3, 0.4) is 0 Å². The highest BCUT2D eigenvalue weighted by molar-refractivity contribution is 9.10. The summed E-state index contributed by atoms with van der Waals surface area (Å²) in [5.41, 5.74) is 7.36. The molecule has 0 unspecified atom stereocenters. The van der Waals surface area contributed by atoms with Crippen LogP contribution in [0.5, 0.6) is 5.75 Å². The first-order valence-electron chi connectivity index (χ1n) is 5.49. The molecule has 0 spiro atoms. The van der Waals surface area contributed by atoms with E-state index in [1.54, 1.807) is 12.1 Å². The van der Waals surface area contributed by atoms with Gasteiger partial charge < -0.3 is 10.5 Å². The van der Waals surface area contributed by atoms with Crippen molar-refractivity contribution in [1.82, 2.24) is 0 Å². The van der Waals surface area contributed by atoms with Crippen LogP contribution in [0.25, 0.3) is 0 Å². The van der Waals surface area contributed by atoms with Crippen LogP contribution in [-0.2, 0) is 6.61 Å².